The van der Waals surface area contributed by atoms with Gasteiger partial charge in [-0.15, -0.1) is 12.4 Å². The highest BCUT2D eigenvalue weighted by Gasteiger charge is 2.18. The summed E-state index contributed by atoms with van der Waals surface area (Å²) < 4.78 is 26.2. The Kier molecular flexibility index (Phi) is 7.51. The van der Waals surface area contributed by atoms with Gasteiger partial charge in [0, 0.05) is 12.6 Å². The van der Waals surface area contributed by atoms with Crippen LogP contribution in [0.5, 0.6) is 0 Å². The van der Waals surface area contributed by atoms with E-state index in [4.69, 9.17) is 28.9 Å². The van der Waals surface area contributed by atoms with Gasteiger partial charge in [-0.1, -0.05) is 29.3 Å². The van der Waals surface area contributed by atoms with Crippen LogP contribution in [0.3, 0.4) is 0 Å². The van der Waals surface area contributed by atoms with Crippen molar-refractivity contribution in [2.24, 2.45) is 5.73 Å². The van der Waals surface area contributed by atoms with Gasteiger partial charge in [-0.2, -0.15) is 0 Å². The summed E-state index contributed by atoms with van der Waals surface area (Å²) in [6, 6.07) is 4.41. The molecular weight excluding hydrogens is 319 g/mol. The molecule has 1 atom stereocenters. The Bertz CT molecular complexity index is 492. The number of sulfonamides is 1. The molecule has 0 aliphatic carbocycles. The van der Waals surface area contributed by atoms with Gasteiger partial charge in [0.25, 0.3) is 0 Å². The average molecular weight is 334 g/mol. The molecular formula is C10H15Cl3N2O2S. The summed E-state index contributed by atoms with van der Waals surface area (Å²) in [5.74, 6) is 0. The molecule has 1 aromatic carbocycles. The van der Waals surface area contributed by atoms with E-state index in [1.165, 1.54) is 18.2 Å². The van der Waals surface area contributed by atoms with Gasteiger partial charge >= 0.3 is 0 Å². The Morgan fingerprint density at radius 2 is 2.00 bits per heavy atom. The molecule has 0 aliphatic rings. The van der Waals surface area contributed by atoms with E-state index in [2.05, 4.69) is 4.72 Å². The van der Waals surface area contributed by atoms with Gasteiger partial charge < -0.3 is 5.73 Å². The van der Waals surface area contributed by atoms with Crippen molar-refractivity contribution in [2.45, 2.75) is 24.3 Å². The van der Waals surface area contributed by atoms with E-state index in [1.54, 1.807) is 6.92 Å². The van der Waals surface area contributed by atoms with Crippen LogP contribution in [-0.2, 0) is 10.0 Å². The van der Waals surface area contributed by atoms with Crippen molar-refractivity contribution in [3.8, 4) is 0 Å². The first-order chi connectivity index (χ1) is 7.84. The molecule has 4 nitrogen and oxygen atoms in total. The molecule has 0 spiro atoms. The smallest absolute Gasteiger partial charge is 0.242 e. The molecule has 1 aromatic rings. The van der Waals surface area contributed by atoms with E-state index >= 15 is 0 Å². The van der Waals surface area contributed by atoms with Crippen LogP contribution in [0.4, 0.5) is 0 Å². The third kappa shape index (κ3) is 4.91. The maximum absolute atomic E-state index is 11.9. The van der Waals surface area contributed by atoms with E-state index in [9.17, 15) is 8.42 Å². The third-order valence-corrected chi connectivity index (χ3v) is 4.53. The number of hydrogen-bond donors (Lipinski definition) is 2. The number of hydrogen-bond acceptors (Lipinski definition) is 3. The molecule has 18 heavy (non-hydrogen) atoms. The number of halogens is 3. The van der Waals surface area contributed by atoms with Crippen molar-refractivity contribution in [1.82, 2.24) is 4.72 Å². The molecule has 0 saturated carbocycles. The summed E-state index contributed by atoms with van der Waals surface area (Å²) >= 11 is 11.6. The minimum Gasteiger partial charge on any atom is -0.328 e. The van der Waals surface area contributed by atoms with Crippen LogP contribution >= 0.6 is 35.6 Å². The van der Waals surface area contributed by atoms with Gasteiger partial charge in [-0.05, 0) is 25.5 Å². The molecule has 0 radical (unpaired) electrons. The summed E-state index contributed by atoms with van der Waals surface area (Å²) in [5.41, 5.74) is 5.53. The predicted octanol–water partition coefficient (Wildman–Crippen LogP) is 2.43. The van der Waals surface area contributed by atoms with Crippen LogP contribution in [0.1, 0.15) is 13.3 Å². The molecule has 0 saturated heterocycles. The van der Waals surface area contributed by atoms with Crippen LogP contribution in [0.2, 0.25) is 10.0 Å². The summed E-state index contributed by atoms with van der Waals surface area (Å²) in [6.45, 7) is 2.07. The maximum atomic E-state index is 11.9. The molecule has 0 amide bonds. The SMILES string of the molecule is CC(N)CCNS(=O)(=O)c1cccc(Cl)c1Cl.Cl. The predicted molar refractivity (Wildman–Crippen MR) is 77.2 cm³/mol. The lowest BCUT2D eigenvalue weighted by Crippen LogP contribution is -2.29. The van der Waals surface area contributed by atoms with Gasteiger partial charge in [0.05, 0.1) is 10.0 Å². The van der Waals surface area contributed by atoms with Crippen LogP contribution < -0.4 is 10.5 Å². The van der Waals surface area contributed by atoms with Crippen LogP contribution in [0.15, 0.2) is 23.1 Å². The Labute approximate surface area is 123 Å². The third-order valence-electron chi connectivity index (χ3n) is 2.10. The first kappa shape index (κ1) is 18.0. The van der Waals surface area contributed by atoms with Gasteiger partial charge in [0.1, 0.15) is 4.90 Å². The normalized spacial score (nSPS) is 12.9. The second kappa shape index (κ2) is 7.53. The molecule has 3 N–H and O–H groups in total. The molecule has 0 heterocycles. The lowest BCUT2D eigenvalue weighted by molar-refractivity contribution is 0.572. The van der Waals surface area contributed by atoms with Crippen molar-refractivity contribution in [1.29, 1.82) is 0 Å². The van der Waals surface area contributed by atoms with Crippen molar-refractivity contribution in [3.63, 3.8) is 0 Å². The van der Waals surface area contributed by atoms with Crippen LogP contribution in [-0.4, -0.2) is 21.0 Å². The fourth-order valence-corrected chi connectivity index (χ4v) is 3.00. The monoisotopic (exact) mass is 332 g/mol. The highest BCUT2D eigenvalue weighted by Crippen LogP contribution is 2.28. The zero-order chi connectivity index (χ0) is 13.1. The lowest BCUT2D eigenvalue weighted by atomic mass is 10.3. The number of rotatable bonds is 5. The zero-order valence-electron chi connectivity index (χ0n) is 9.69. The standard InChI is InChI=1S/C10H14Cl2N2O2S.ClH/c1-7(13)5-6-14-17(15,16)9-4-2-3-8(11)10(9)12;/h2-4,7,14H,5-6,13H2,1H3;1H. The molecule has 1 unspecified atom stereocenters. The molecule has 1 rings (SSSR count). The summed E-state index contributed by atoms with van der Waals surface area (Å²) in [7, 11) is -3.63. The zero-order valence-corrected chi connectivity index (χ0v) is 12.8. The molecule has 0 fully saturated rings. The second-order valence-electron chi connectivity index (χ2n) is 3.72. The van der Waals surface area contributed by atoms with Gasteiger partial charge in [0.2, 0.25) is 10.0 Å². The highest BCUT2D eigenvalue weighted by molar-refractivity contribution is 7.89. The molecule has 0 aromatic heterocycles. The second-order valence-corrected chi connectivity index (χ2v) is 6.24. The Morgan fingerprint density at radius 3 is 2.56 bits per heavy atom. The topological polar surface area (TPSA) is 72.2 Å². The first-order valence-corrected chi connectivity index (χ1v) is 7.28. The summed E-state index contributed by atoms with van der Waals surface area (Å²) in [4.78, 5) is -0.0173. The number of nitrogens with two attached hydrogens (primary N) is 1. The minimum absolute atomic E-state index is 0. The van der Waals surface area contributed by atoms with Crippen LogP contribution in [0, 0.1) is 0 Å². The van der Waals surface area contributed by atoms with Crippen molar-refractivity contribution >= 4 is 45.6 Å². The van der Waals surface area contributed by atoms with Crippen molar-refractivity contribution in [3.05, 3.63) is 28.2 Å². The first-order valence-electron chi connectivity index (χ1n) is 5.04. The van der Waals surface area contributed by atoms with E-state index in [1.807, 2.05) is 0 Å². The number of nitrogens with one attached hydrogen (secondary N) is 1. The fourth-order valence-electron chi connectivity index (χ4n) is 1.19. The maximum Gasteiger partial charge on any atom is 0.242 e. The van der Waals surface area contributed by atoms with Gasteiger partial charge in [-0.25, -0.2) is 13.1 Å². The average Bonchev–Trinajstić information content (AvgIpc) is 2.21. The van der Waals surface area contributed by atoms with Crippen molar-refractivity contribution in [2.75, 3.05) is 6.54 Å². The van der Waals surface area contributed by atoms with Crippen molar-refractivity contribution < 1.29 is 8.42 Å². The summed E-state index contributed by atoms with van der Waals surface area (Å²) in [6.07, 6.45) is 0.553. The number of benzene rings is 1. The fraction of sp³-hybridized carbons (Fsp3) is 0.400. The van der Waals surface area contributed by atoms with E-state index < -0.39 is 10.0 Å². The molecule has 104 valence electrons. The molecule has 0 bridgehead atoms. The molecule has 0 aliphatic heterocycles. The van der Waals surface area contributed by atoms with E-state index in [-0.39, 0.29) is 39.9 Å². The minimum atomic E-state index is -3.63. The highest BCUT2D eigenvalue weighted by atomic mass is 35.5. The van der Waals surface area contributed by atoms with Gasteiger partial charge in [0.15, 0.2) is 0 Å². The Hall–Kier alpha value is -0.0400. The van der Waals surface area contributed by atoms with Gasteiger partial charge in [-0.3, -0.25) is 0 Å². The lowest BCUT2D eigenvalue weighted by Gasteiger charge is -2.10. The van der Waals surface area contributed by atoms with Crippen LogP contribution in [0.25, 0.3) is 0 Å². The van der Waals surface area contributed by atoms with E-state index in [0.717, 1.165) is 0 Å². The molecule has 8 heteroatoms. The van der Waals surface area contributed by atoms with E-state index in [0.29, 0.717) is 6.42 Å². The largest absolute Gasteiger partial charge is 0.328 e. The quantitative estimate of drug-likeness (QED) is 0.869. The Morgan fingerprint density at radius 1 is 1.39 bits per heavy atom. The summed E-state index contributed by atoms with van der Waals surface area (Å²) in [5, 5.41) is 0.240. The Balaban J connectivity index is 0.00000289.